The molecule has 1 aliphatic rings. The number of nitrogens with two attached hydrogens (primary N) is 1. The third kappa shape index (κ3) is 3.46. The Morgan fingerprint density at radius 3 is 2.27 bits per heavy atom. The first-order valence-corrected chi connectivity index (χ1v) is 6.50. The van der Waals surface area contributed by atoms with E-state index in [2.05, 4.69) is 20.8 Å². The van der Waals surface area contributed by atoms with Gasteiger partial charge in [0.15, 0.2) is 0 Å². The molecule has 0 saturated heterocycles. The van der Waals surface area contributed by atoms with Crippen molar-refractivity contribution >= 4 is 0 Å². The first-order chi connectivity index (χ1) is 7.10. The van der Waals surface area contributed by atoms with E-state index in [1.54, 1.807) is 0 Å². The molecule has 1 aliphatic carbocycles. The molecule has 1 atom stereocenters. The van der Waals surface area contributed by atoms with Crippen LogP contribution in [0.15, 0.2) is 0 Å². The van der Waals surface area contributed by atoms with Crippen molar-refractivity contribution in [3.05, 3.63) is 0 Å². The highest BCUT2D eigenvalue weighted by molar-refractivity contribution is 4.95. The van der Waals surface area contributed by atoms with Gasteiger partial charge in [-0.2, -0.15) is 0 Å². The van der Waals surface area contributed by atoms with E-state index < -0.39 is 0 Å². The van der Waals surface area contributed by atoms with Gasteiger partial charge in [0, 0.05) is 12.6 Å². The first-order valence-electron chi connectivity index (χ1n) is 6.50. The third-order valence-corrected chi connectivity index (χ3v) is 3.61. The highest BCUT2D eigenvalue weighted by Crippen LogP contribution is 2.37. The monoisotopic (exact) mass is 213 g/mol. The fourth-order valence-electron chi connectivity index (χ4n) is 2.66. The molecule has 0 aromatic heterocycles. The highest BCUT2D eigenvalue weighted by Gasteiger charge is 2.39. The van der Waals surface area contributed by atoms with Crippen LogP contribution in [0.1, 0.15) is 59.3 Å². The van der Waals surface area contributed by atoms with Gasteiger partial charge in [-0.1, -0.05) is 26.7 Å². The predicted octanol–water partition coefficient (Wildman–Crippen LogP) is 3.10. The normalized spacial score (nSPS) is 22.2. The molecule has 0 amide bonds. The van der Waals surface area contributed by atoms with E-state index in [1.807, 2.05) is 0 Å². The van der Waals surface area contributed by atoms with Crippen LogP contribution in [-0.4, -0.2) is 18.2 Å². The zero-order valence-corrected chi connectivity index (χ0v) is 10.6. The van der Waals surface area contributed by atoms with Gasteiger partial charge < -0.3 is 10.5 Å². The van der Waals surface area contributed by atoms with E-state index in [0.29, 0.717) is 0 Å². The van der Waals surface area contributed by atoms with Crippen molar-refractivity contribution < 1.29 is 4.74 Å². The van der Waals surface area contributed by atoms with Gasteiger partial charge in [0.2, 0.25) is 0 Å². The fraction of sp³-hybridized carbons (Fsp3) is 1.00. The Balaban J connectivity index is 2.47. The summed E-state index contributed by atoms with van der Waals surface area (Å²) in [6.45, 7) is 7.40. The zero-order valence-electron chi connectivity index (χ0n) is 10.6. The minimum atomic E-state index is 0.0175. The summed E-state index contributed by atoms with van der Waals surface area (Å²) in [5, 5.41) is 0. The molecule has 90 valence electrons. The predicted molar refractivity (Wildman–Crippen MR) is 64.9 cm³/mol. The van der Waals surface area contributed by atoms with Crippen molar-refractivity contribution in [1.82, 2.24) is 0 Å². The molecular formula is C13H27NO. The van der Waals surface area contributed by atoms with E-state index >= 15 is 0 Å². The molecule has 1 unspecified atom stereocenters. The summed E-state index contributed by atoms with van der Waals surface area (Å²) in [6, 6.07) is 0.238. The number of ether oxygens (including phenoxy) is 1. The lowest BCUT2D eigenvalue weighted by Gasteiger charge is -2.35. The largest absolute Gasteiger partial charge is 0.374 e. The van der Waals surface area contributed by atoms with Crippen molar-refractivity contribution in [3.63, 3.8) is 0 Å². The van der Waals surface area contributed by atoms with Gasteiger partial charge in [-0.15, -0.1) is 0 Å². The van der Waals surface area contributed by atoms with Crippen LogP contribution in [0.2, 0.25) is 0 Å². The second kappa shape index (κ2) is 5.86. The molecule has 0 aliphatic heterocycles. The van der Waals surface area contributed by atoms with Crippen LogP contribution < -0.4 is 5.73 Å². The van der Waals surface area contributed by atoms with E-state index in [1.165, 1.54) is 32.1 Å². The molecule has 0 aromatic rings. The SMILES string of the molecule is CCOC1(C(N)CCC(C)C)CCCC1. The molecule has 1 fully saturated rings. The lowest BCUT2D eigenvalue weighted by Crippen LogP contribution is -2.48. The van der Waals surface area contributed by atoms with E-state index in [0.717, 1.165) is 18.9 Å². The van der Waals surface area contributed by atoms with Crippen molar-refractivity contribution in [2.24, 2.45) is 11.7 Å². The van der Waals surface area contributed by atoms with Crippen LogP contribution >= 0.6 is 0 Å². The summed E-state index contributed by atoms with van der Waals surface area (Å²) in [4.78, 5) is 0. The number of rotatable bonds is 6. The van der Waals surface area contributed by atoms with Gasteiger partial charge >= 0.3 is 0 Å². The van der Waals surface area contributed by atoms with Crippen molar-refractivity contribution in [2.45, 2.75) is 70.9 Å². The molecule has 1 rings (SSSR count). The molecular weight excluding hydrogens is 186 g/mol. The van der Waals surface area contributed by atoms with Crippen LogP contribution in [0.4, 0.5) is 0 Å². The smallest absolute Gasteiger partial charge is 0.0832 e. The Bertz CT molecular complexity index is 173. The Morgan fingerprint density at radius 2 is 1.80 bits per heavy atom. The minimum absolute atomic E-state index is 0.0175. The molecule has 2 heteroatoms. The van der Waals surface area contributed by atoms with E-state index in [4.69, 9.17) is 10.5 Å². The van der Waals surface area contributed by atoms with Gasteiger partial charge in [-0.05, 0) is 38.5 Å². The summed E-state index contributed by atoms with van der Waals surface area (Å²) in [5.74, 6) is 0.746. The molecule has 1 saturated carbocycles. The second-order valence-electron chi connectivity index (χ2n) is 5.28. The van der Waals surface area contributed by atoms with Crippen molar-refractivity contribution in [2.75, 3.05) is 6.61 Å². The Kier molecular flexibility index (Phi) is 5.07. The third-order valence-electron chi connectivity index (χ3n) is 3.61. The topological polar surface area (TPSA) is 35.2 Å². The zero-order chi connectivity index (χ0) is 11.3. The van der Waals surface area contributed by atoms with Crippen LogP contribution in [-0.2, 0) is 4.74 Å². The summed E-state index contributed by atoms with van der Waals surface area (Å²) in [7, 11) is 0. The van der Waals surface area contributed by atoms with Gasteiger partial charge in [-0.3, -0.25) is 0 Å². The molecule has 0 aromatic carbocycles. The standard InChI is InChI=1S/C13H27NO/c1-4-15-13(9-5-6-10-13)12(14)8-7-11(2)3/h11-12H,4-10,14H2,1-3H3. The van der Waals surface area contributed by atoms with Gasteiger partial charge in [-0.25, -0.2) is 0 Å². The van der Waals surface area contributed by atoms with Crippen molar-refractivity contribution in [1.29, 1.82) is 0 Å². The Morgan fingerprint density at radius 1 is 1.20 bits per heavy atom. The average Bonchev–Trinajstić information content (AvgIpc) is 2.64. The fourth-order valence-corrected chi connectivity index (χ4v) is 2.66. The second-order valence-corrected chi connectivity index (χ2v) is 5.28. The van der Waals surface area contributed by atoms with E-state index in [9.17, 15) is 0 Å². The molecule has 0 heterocycles. The van der Waals surface area contributed by atoms with Gasteiger partial charge in [0.1, 0.15) is 0 Å². The number of hydrogen-bond donors (Lipinski definition) is 1. The molecule has 0 radical (unpaired) electrons. The quantitative estimate of drug-likeness (QED) is 0.736. The first kappa shape index (κ1) is 13.0. The maximum atomic E-state index is 6.32. The molecule has 0 bridgehead atoms. The van der Waals surface area contributed by atoms with E-state index in [-0.39, 0.29) is 11.6 Å². The Hall–Kier alpha value is -0.0800. The summed E-state index contributed by atoms with van der Waals surface area (Å²) < 4.78 is 5.96. The average molecular weight is 213 g/mol. The highest BCUT2D eigenvalue weighted by atomic mass is 16.5. The van der Waals surface area contributed by atoms with Crippen LogP contribution in [0.3, 0.4) is 0 Å². The maximum absolute atomic E-state index is 6.32. The summed E-state index contributed by atoms with van der Waals surface area (Å²) in [5.41, 5.74) is 6.34. The van der Waals surface area contributed by atoms with Crippen molar-refractivity contribution in [3.8, 4) is 0 Å². The molecule has 2 nitrogen and oxygen atoms in total. The van der Waals surface area contributed by atoms with Gasteiger partial charge in [0.05, 0.1) is 5.60 Å². The number of hydrogen-bond acceptors (Lipinski definition) is 2. The van der Waals surface area contributed by atoms with Crippen LogP contribution in [0.25, 0.3) is 0 Å². The van der Waals surface area contributed by atoms with Gasteiger partial charge in [0.25, 0.3) is 0 Å². The lowest BCUT2D eigenvalue weighted by molar-refractivity contribution is -0.0550. The molecule has 2 N–H and O–H groups in total. The summed E-state index contributed by atoms with van der Waals surface area (Å²) >= 11 is 0. The molecule has 0 spiro atoms. The van der Waals surface area contributed by atoms with Crippen LogP contribution in [0, 0.1) is 5.92 Å². The minimum Gasteiger partial charge on any atom is -0.374 e. The maximum Gasteiger partial charge on any atom is 0.0832 e. The Labute approximate surface area is 94.6 Å². The van der Waals surface area contributed by atoms with Crippen LogP contribution in [0.5, 0.6) is 0 Å². The molecule has 15 heavy (non-hydrogen) atoms. The lowest BCUT2D eigenvalue weighted by atomic mass is 9.87. The summed E-state index contributed by atoms with van der Waals surface area (Å²) in [6.07, 6.45) is 7.23.